The minimum atomic E-state index is -1.27. The van der Waals surface area contributed by atoms with Crippen LogP contribution in [0.1, 0.15) is 42.4 Å². The number of benzene rings is 3. The van der Waals surface area contributed by atoms with Gasteiger partial charge in [0.25, 0.3) is 0 Å². The van der Waals surface area contributed by atoms with Crippen LogP contribution in [-0.4, -0.2) is 7.85 Å². The van der Waals surface area contributed by atoms with E-state index in [1.807, 2.05) is 0 Å². The maximum Gasteiger partial charge on any atom is 0.127 e. The van der Waals surface area contributed by atoms with Crippen LogP contribution in [0.5, 0.6) is 0 Å². The van der Waals surface area contributed by atoms with E-state index >= 15 is 13.2 Å². The van der Waals surface area contributed by atoms with E-state index in [0.717, 1.165) is 12.8 Å². The number of rotatable bonds is 8. The van der Waals surface area contributed by atoms with E-state index in [1.165, 1.54) is 18.2 Å². The van der Waals surface area contributed by atoms with Crippen LogP contribution in [0.2, 0.25) is 6.32 Å². The molecular weight excluding hydrogens is 356 g/mol. The first-order valence-electron chi connectivity index (χ1n) is 9.56. The summed E-state index contributed by atoms with van der Waals surface area (Å²) in [5.74, 6) is -1.44. The van der Waals surface area contributed by atoms with Crippen molar-refractivity contribution in [2.24, 2.45) is 0 Å². The Morgan fingerprint density at radius 1 is 0.571 bits per heavy atom. The van der Waals surface area contributed by atoms with Gasteiger partial charge in [0.15, 0.2) is 0 Å². The first-order valence-corrected chi connectivity index (χ1v) is 9.56. The van der Waals surface area contributed by atoms with Gasteiger partial charge in [0, 0.05) is 16.7 Å². The van der Waals surface area contributed by atoms with Crippen LogP contribution >= 0.6 is 0 Å². The molecule has 0 aliphatic carbocycles. The van der Waals surface area contributed by atoms with E-state index in [-0.39, 0.29) is 16.7 Å². The van der Waals surface area contributed by atoms with Gasteiger partial charge in [-0.15, -0.1) is 0 Å². The normalized spacial score (nSPS) is 11.6. The molecule has 143 valence electrons. The number of hydrogen-bond acceptors (Lipinski definition) is 0. The second kappa shape index (κ2) is 9.14. The summed E-state index contributed by atoms with van der Waals surface area (Å²) in [5, 5.41) is 0. The molecule has 0 aliphatic heterocycles. The van der Waals surface area contributed by atoms with Gasteiger partial charge in [0.05, 0.1) is 5.41 Å². The van der Waals surface area contributed by atoms with Gasteiger partial charge in [-0.05, 0) is 24.6 Å². The zero-order valence-electron chi connectivity index (χ0n) is 15.7. The Kier molecular flexibility index (Phi) is 6.61. The van der Waals surface area contributed by atoms with E-state index in [4.69, 9.17) is 7.85 Å². The summed E-state index contributed by atoms with van der Waals surface area (Å²) in [6.45, 7) is 0. The summed E-state index contributed by atoms with van der Waals surface area (Å²) in [6.07, 6.45) is 3.19. The van der Waals surface area contributed by atoms with Crippen molar-refractivity contribution >= 4 is 7.85 Å². The third-order valence-electron chi connectivity index (χ3n) is 5.26. The summed E-state index contributed by atoms with van der Waals surface area (Å²) >= 11 is 0. The highest BCUT2D eigenvalue weighted by Crippen LogP contribution is 2.46. The highest BCUT2D eigenvalue weighted by atomic mass is 19.1. The van der Waals surface area contributed by atoms with Crippen LogP contribution in [-0.2, 0) is 5.41 Å². The molecule has 0 saturated heterocycles. The van der Waals surface area contributed by atoms with Crippen molar-refractivity contribution in [3.8, 4) is 0 Å². The first kappa shape index (κ1) is 20.3. The first-order chi connectivity index (χ1) is 13.6. The summed E-state index contributed by atoms with van der Waals surface area (Å²) < 4.78 is 45.1. The number of hydrogen-bond donors (Lipinski definition) is 0. The Hall–Kier alpha value is -2.49. The number of halogens is 3. The van der Waals surface area contributed by atoms with Crippen LogP contribution in [0.3, 0.4) is 0 Å². The maximum atomic E-state index is 15.0. The van der Waals surface area contributed by atoms with Crippen molar-refractivity contribution in [2.45, 2.75) is 37.4 Å². The van der Waals surface area contributed by atoms with Crippen molar-refractivity contribution in [3.05, 3.63) is 107 Å². The lowest BCUT2D eigenvalue weighted by molar-refractivity contribution is 0.444. The fraction of sp³-hybridized carbons (Fsp3) is 0.250. The van der Waals surface area contributed by atoms with Crippen LogP contribution in [0.25, 0.3) is 0 Å². The van der Waals surface area contributed by atoms with E-state index in [9.17, 15) is 0 Å². The summed E-state index contributed by atoms with van der Waals surface area (Å²) in [5.41, 5.74) is -0.440. The van der Waals surface area contributed by atoms with Gasteiger partial charge >= 0.3 is 0 Å². The lowest BCUT2D eigenvalue weighted by atomic mass is 9.66. The number of unbranched alkanes of at least 4 members (excludes halogenated alkanes) is 2. The fourth-order valence-electron chi connectivity index (χ4n) is 3.97. The van der Waals surface area contributed by atoms with E-state index in [0.29, 0.717) is 19.2 Å². The topological polar surface area (TPSA) is 0 Å². The predicted octanol–water partition coefficient (Wildman–Crippen LogP) is 6.59. The molecule has 0 heterocycles. The molecule has 0 bridgehead atoms. The summed E-state index contributed by atoms with van der Waals surface area (Å²) in [6, 6.07) is 18.7. The monoisotopic (exact) mass is 378 g/mol. The molecule has 28 heavy (non-hydrogen) atoms. The van der Waals surface area contributed by atoms with Gasteiger partial charge in [0.1, 0.15) is 17.5 Å². The maximum absolute atomic E-state index is 15.0. The predicted molar refractivity (Wildman–Crippen MR) is 108 cm³/mol. The minimum Gasteiger partial charge on any atom is -0.626 e. The molecule has 0 spiro atoms. The molecule has 3 rings (SSSR count). The van der Waals surface area contributed by atoms with Gasteiger partial charge in [-0.3, -0.25) is 6.32 Å². The molecule has 0 unspecified atom stereocenters. The highest BCUT2D eigenvalue weighted by Gasteiger charge is 2.41. The van der Waals surface area contributed by atoms with E-state index < -0.39 is 22.9 Å². The Labute approximate surface area is 165 Å². The molecular formula is C24H22BF3-. The molecule has 0 amide bonds. The molecule has 4 heteroatoms. The van der Waals surface area contributed by atoms with Gasteiger partial charge in [0.2, 0.25) is 0 Å². The van der Waals surface area contributed by atoms with Gasteiger partial charge in [-0.2, -0.15) is 0 Å². The lowest BCUT2D eigenvalue weighted by Crippen LogP contribution is -2.33. The van der Waals surface area contributed by atoms with Gasteiger partial charge in [-0.1, -0.05) is 73.9 Å². The van der Waals surface area contributed by atoms with Gasteiger partial charge < -0.3 is 7.85 Å². The van der Waals surface area contributed by atoms with Crippen molar-refractivity contribution < 1.29 is 13.2 Å². The lowest BCUT2D eigenvalue weighted by Gasteiger charge is -2.37. The molecule has 0 fully saturated rings. The van der Waals surface area contributed by atoms with Crippen molar-refractivity contribution in [1.82, 2.24) is 0 Å². The standard InChI is InChI=1S/C24H22BF3/c25-17-9-1-8-16-24(18-10-2-5-13-21(18)26,19-11-3-6-14-22(19)27)20-12-4-7-15-23(20)28/h2-7,10-15H,1,8-9,16-17H2/q-1. The van der Waals surface area contributed by atoms with E-state index in [1.54, 1.807) is 54.6 Å². The SMILES string of the molecule is [B-]CCCCCC(c1ccccc1F)(c1ccccc1F)c1ccccc1F. The van der Waals surface area contributed by atoms with Crippen LogP contribution < -0.4 is 0 Å². The molecule has 0 atom stereocenters. The summed E-state index contributed by atoms with van der Waals surface area (Å²) in [4.78, 5) is 0. The van der Waals surface area contributed by atoms with E-state index in [2.05, 4.69) is 0 Å². The van der Waals surface area contributed by atoms with Gasteiger partial charge in [-0.25, -0.2) is 13.2 Å². The average molecular weight is 378 g/mol. The second-order valence-corrected chi connectivity index (χ2v) is 6.94. The van der Waals surface area contributed by atoms with Crippen molar-refractivity contribution in [1.29, 1.82) is 0 Å². The Morgan fingerprint density at radius 3 is 1.32 bits per heavy atom. The molecule has 0 nitrogen and oxygen atoms in total. The Balaban J connectivity index is 2.30. The molecule has 0 aromatic heterocycles. The van der Waals surface area contributed by atoms with Crippen LogP contribution in [0.4, 0.5) is 13.2 Å². The third-order valence-corrected chi connectivity index (χ3v) is 5.26. The molecule has 0 saturated carbocycles. The summed E-state index contributed by atoms with van der Waals surface area (Å²) in [7, 11) is 5.60. The molecule has 3 aromatic carbocycles. The van der Waals surface area contributed by atoms with Crippen LogP contribution in [0.15, 0.2) is 72.8 Å². The Bertz CT molecular complexity index is 812. The van der Waals surface area contributed by atoms with Crippen LogP contribution in [0, 0.1) is 17.5 Å². The second-order valence-electron chi connectivity index (χ2n) is 6.94. The van der Waals surface area contributed by atoms with Crippen molar-refractivity contribution in [3.63, 3.8) is 0 Å². The zero-order valence-corrected chi connectivity index (χ0v) is 15.7. The third kappa shape index (κ3) is 3.87. The Morgan fingerprint density at radius 2 is 0.964 bits per heavy atom. The molecule has 0 N–H and O–H groups in total. The zero-order chi connectivity index (χ0) is 20.0. The van der Waals surface area contributed by atoms with Crippen molar-refractivity contribution in [2.75, 3.05) is 0 Å². The molecule has 0 aliphatic rings. The quantitative estimate of drug-likeness (QED) is 0.236. The fourth-order valence-corrected chi connectivity index (χ4v) is 3.97. The minimum absolute atomic E-state index is 0.276. The molecule has 3 radical (unpaired) electrons. The highest BCUT2D eigenvalue weighted by molar-refractivity contribution is 6.08. The largest absolute Gasteiger partial charge is 0.626 e. The average Bonchev–Trinajstić information content (AvgIpc) is 2.71. The molecule has 3 aromatic rings. The smallest absolute Gasteiger partial charge is 0.127 e.